The van der Waals surface area contributed by atoms with Gasteiger partial charge in [-0.05, 0) is 15.9 Å². The van der Waals surface area contributed by atoms with Crippen LogP contribution in [0.4, 0.5) is 8.78 Å². The van der Waals surface area contributed by atoms with Crippen LogP contribution in [0.3, 0.4) is 0 Å². The molecular formula is CHBrF2. The van der Waals surface area contributed by atoms with Crippen molar-refractivity contribution in [1.82, 2.24) is 0 Å². The average Bonchev–Trinajstić information content (AvgIpc) is 0.811. The molecule has 0 N–H and O–H groups in total. The van der Waals surface area contributed by atoms with Crippen molar-refractivity contribution in [2.75, 3.05) is 0 Å². The van der Waals surface area contributed by atoms with E-state index in [2.05, 4.69) is 0 Å². The van der Waals surface area contributed by atoms with Gasteiger partial charge in [0.25, 0.3) is 5.33 Å². The van der Waals surface area contributed by atoms with Gasteiger partial charge in [0.2, 0.25) is 0 Å². The Labute approximate surface area is 30.9 Å². The van der Waals surface area contributed by atoms with Crippen molar-refractivity contribution in [3.05, 3.63) is 0 Å². The Kier molecular flexibility index (Phi) is 1.78. The van der Waals surface area contributed by atoms with Gasteiger partial charge in [-0.15, -0.1) is 0 Å². The van der Waals surface area contributed by atoms with Crippen LogP contribution >= 0.6 is 15.9 Å². The van der Waals surface area contributed by atoms with Gasteiger partial charge in [0, 0.05) is 0 Å². The fourth-order valence-corrected chi connectivity index (χ4v) is 0. The summed E-state index contributed by atoms with van der Waals surface area (Å²) in [5.74, 6) is 0. The minimum Gasteiger partial charge on any atom is -0.197 e. The monoisotopic (exact) mass is 130 g/mol. The molecule has 0 aliphatic rings. The fourth-order valence-electron chi connectivity index (χ4n) is 0. The van der Waals surface area contributed by atoms with E-state index in [9.17, 15) is 8.78 Å². The van der Waals surface area contributed by atoms with E-state index in [4.69, 9.17) is 0 Å². The quantitative estimate of drug-likeness (QED) is 0.437. The molecule has 4 heavy (non-hydrogen) atoms. The van der Waals surface area contributed by atoms with E-state index in [1.807, 2.05) is 15.9 Å². The highest BCUT2D eigenvalue weighted by atomic mass is 78.9. The zero-order valence-electron chi connectivity index (χ0n) is 1.71. The zero-order valence-corrected chi connectivity index (χ0v) is 3.30. The average molecular weight is 130 g/mol. The molecule has 0 atom stereocenters. The first-order chi connectivity index (χ1) is 1.73. The standard InChI is InChI=1S/CHBrF2/c2-1(3)4/h1H/i2-1. The van der Waals surface area contributed by atoms with Gasteiger partial charge in [-0.3, -0.25) is 0 Å². The summed E-state index contributed by atoms with van der Waals surface area (Å²) in [6, 6.07) is 0. The van der Waals surface area contributed by atoms with Crippen molar-refractivity contribution in [2.45, 2.75) is 5.33 Å². The van der Waals surface area contributed by atoms with Gasteiger partial charge >= 0.3 is 0 Å². The number of hydrogen-bond acceptors (Lipinski definition) is 0. The van der Waals surface area contributed by atoms with Crippen LogP contribution in [0.5, 0.6) is 0 Å². The molecule has 0 aliphatic carbocycles. The highest BCUT2D eigenvalue weighted by Gasteiger charge is 1.83. The second kappa shape index (κ2) is 1.64. The fraction of sp³-hybridized carbons (Fsp3) is 1.00. The SMILES string of the molecule is FC(F)[79Br]. The van der Waals surface area contributed by atoms with Crippen molar-refractivity contribution < 1.29 is 8.78 Å². The maximum atomic E-state index is 10.2. The lowest BCUT2D eigenvalue weighted by atomic mass is 11.7. The van der Waals surface area contributed by atoms with Gasteiger partial charge in [-0.25, -0.2) is 0 Å². The molecule has 0 rings (SSSR count). The molecule has 0 amide bonds. The number of hydrogen-bond donors (Lipinski definition) is 0. The highest BCUT2D eigenvalue weighted by Crippen LogP contribution is 1.97. The molecule has 26 valence electrons. The third kappa shape index (κ3) is 36.3. The predicted molar refractivity (Wildman–Crippen MR) is 14.9 cm³/mol. The van der Waals surface area contributed by atoms with Crippen LogP contribution in [0, 0.1) is 0 Å². The summed E-state index contributed by atoms with van der Waals surface area (Å²) in [7, 11) is 0. The van der Waals surface area contributed by atoms with E-state index in [0.29, 0.717) is 0 Å². The van der Waals surface area contributed by atoms with Gasteiger partial charge in [0.05, 0.1) is 0 Å². The lowest BCUT2D eigenvalue weighted by molar-refractivity contribution is 0.260. The Morgan fingerprint density at radius 3 is 1.50 bits per heavy atom. The Hall–Kier alpha value is 0.340. The van der Waals surface area contributed by atoms with Gasteiger partial charge < -0.3 is 0 Å². The summed E-state index contributed by atoms with van der Waals surface area (Å²) >= 11 is 1.94. The van der Waals surface area contributed by atoms with Crippen molar-refractivity contribution >= 4 is 15.9 Å². The molecule has 0 bridgehead atoms. The van der Waals surface area contributed by atoms with Crippen LogP contribution in [0.25, 0.3) is 0 Å². The molecule has 0 aromatic heterocycles. The van der Waals surface area contributed by atoms with Gasteiger partial charge in [0.15, 0.2) is 0 Å². The molecule has 0 aromatic carbocycles. The summed E-state index contributed by atoms with van der Waals surface area (Å²) in [5.41, 5.74) is 0. The largest absolute Gasteiger partial charge is 0.292 e. The number of halogens is 3. The topological polar surface area (TPSA) is 0 Å². The summed E-state index contributed by atoms with van der Waals surface area (Å²) in [6.07, 6.45) is 0. The van der Waals surface area contributed by atoms with Crippen LogP contribution in [0.2, 0.25) is 0 Å². The minimum absolute atomic E-state index is 1.94. The number of alkyl halides is 3. The predicted octanol–water partition coefficient (Wildman–Crippen LogP) is 1.60. The van der Waals surface area contributed by atoms with Crippen LogP contribution in [-0.2, 0) is 0 Å². The maximum absolute atomic E-state index is 10.2. The lowest BCUT2D eigenvalue weighted by Crippen LogP contribution is -1.60. The van der Waals surface area contributed by atoms with Gasteiger partial charge in [0.1, 0.15) is 0 Å². The van der Waals surface area contributed by atoms with E-state index in [1.165, 1.54) is 0 Å². The van der Waals surface area contributed by atoms with Gasteiger partial charge in [-0.1, -0.05) is 0 Å². The van der Waals surface area contributed by atoms with E-state index in [0.717, 1.165) is 0 Å². The molecule has 0 spiro atoms. The Morgan fingerprint density at radius 1 is 1.50 bits per heavy atom. The van der Waals surface area contributed by atoms with Crippen molar-refractivity contribution in [2.24, 2.45) is 0 Å². The van der Waals surface area contributed by atoms with E-state index in [-0.39, 0.29) is 0 Å². The summed E-state index contributed by atoms with van der Waals surface area (Å²) < 4.78 is 20.5. The molecule has 0 aromatic rings. The minimum atomic E-state index is -2.35. The van der Waals surface area contributed by atoms with Crippen LogP contribution in [-0.4, -0.2) is 5.33 Å². The molecule has 3 heteroatoms. The third-order valence-electron chi connectivity index (χ3n) is 0. The molecule has 0 nitrogen and oxygen atoms in total. The smallest absolute Gasteiger partial charge is 0.197 e. The second-order valence-electron chi connectivity index (χ2n) is 0.247. The Balaban J connectivity index is 2.32. The molecule has 0 fully saturated rings. The van der Waals surface area contributed by atoms with Crippen LogP contribution in [0.15, 0.2) is 0 Å². The van der Waals surface area contributed by atoms with E-state index >= 15 is 0 Å². The van der Waals surface area contributed by atoms with Gasteiger partial charge in [-0.2, -0.15) is 8.78 Å². The first-order valence-electron chi connectivity index (χ1n) is 0.655. The summed E-state index contributed by atoms with van der Waals surface area (Å²) in [4.78, 5) is 0. The van der Waals surface area contributed by atoms with Crippen LogP contribution < -0.4 is 0 Å². The Bertz CT molecular complexity index is 10.8. The first-order valence-corrected chi connectivity index (χ1v) is 1.57. The van der Waals surface area contributed by atoms with E-state index < -0.39 is 5.33 Å². The third-order valence-corrected chi connectivity index (χ3v) is 0. The molecule has 0 saturated heterocycles. The van der Waals surface area contributed by atoms with E-state index in [1.54, 1.807) is 0 Å². The second-order valence-corrected chi connectivity index (χ2v) is 0.940. The Morgan fingerprint density at radius 2 is 1.50 bits per heavy atom. The lowest BCUT2D eigenvalue weighted by Gasteiger charge is -1.67. The van der Waals surface area contributed by atoms with Crippen molar-refractivity contribution in [1.29, 1.82) is 0 Å². The maximum Gasteiger partial charge on any atom is 0.292 e. The molecule has 0 saturated carbocycles. The molecule has 0 heterocycles. The molecule has 0 aliphatic heterocycles. The molecule has 0 unspecified atom stereocenters. The summed E-state index contributed by atoms with van der Waals surface area (Å²) in [5, 5.41) is -2.35. The normalized spacial score (nSPS) is 9.00. The zero-order chi connectivity index (χ0) is 3.58. The summed E-state index contributed by atoms with van der Waals surface area (Å²) in [6.45, 7) is 0. The number of rotatable bonds is 0. The molecular weight excluding hydrogens is 129 g/mol. The van der Waals surface area contributed by atoms with Crippen molar-refractivity contribution in [3.63, 3.8) is 0 Å². The highest BCUT2D eigenvalue weighted by molar-refractivity contribution is 9.09. The first kappa shape index (κ1) is 4.34. The molecule has 0 radical (unpaired) electrons. The van der Waals surface area contributed by atoms with Crippen molar-refractivity contribution in [3.8, 4) is 0 Å². The van der Waals surface area contributed by atoms with Crippen LogP contribution in [0.1, 0.15) is 0 Å².